The second-order valence-electron chi connectivity index (χ2n) is 6.47. The Hall–Kier alpha value is -1.14. The van der Waals surface area contributed by atoms with Crippen molar-refractivity contribution in [3.8, 4) is 0 Å². The van der Waals surface area contributed by atoms with Gasteiger partial charge in [0.2, 0.25) is 5.91 Å². The van der Waals surface area contributed by atoms with E-state index in [4.69, 9.17) is 5.11 Å². The minimum atomic E-state index is -0.901. The van der Waals surface area contributed by atoms with E-state index >= 15 is 0 Å². The summed E-state index contributed by atoms with van der Waals surface area (Å²) in [7, 11) is 0. The molecule has 6 heteroatoms. The van der Waals surface area contributed by atoms with Gasteiger partial charge in [-0.1, -0.05) is 0 Å². The first-order chi connectivity index (χ1) is 10.2. The number of nitrogens with one attached hydrogen (secondary N) is 1. The van der Waals surface area contributed by atoms with Gasteiger partial charge in [-0.15, -0.1) is 0 Å². The van der Waals surface area contributed by atoms with Gasteiger partial charge in [-0.2, -0.15) is 0 Å². The van der Waals surface area contributed by atoms with Crippen molar-refractivity contribution in [1.29, 1.82) is 0 Å². The number of rotatable bonds is 5. The third kappa shape index (κ3) is 3.37. The molecule has 118 valence electrons. The van der Waals surface area contributed by atoms with Gasteiger partial charge < -0.3 is 15.3 Å². The second kappa shape index (κ2) is 6.32. The zero-order valence-electron chi connectivity index (χ0n) is 12.5. The van der Waals surface area contributed by atoms with Crippen LogP contribution in [0.3, 0.4) is 0 Å². The number of piperidine rings is 1. The number of carboxylic acids is 1. The predicted molar refractivity (Wildman–Crippen MR) is 78.0 cm³/mol. The lowest BCUT2D eigenvalue weighted by Gasteiger charge is -2.37. The summed E-state index contributed by atoms with van der Waals surface area (Å²) in [4.78, 5) is 27.8. The maximum absolute atomic E-state index is 12.8. The van der Waals surface area contributed by atoms with Gasteiger partial charge >= 0.3 is 5.97 Å². The molecule has 0 aromatic carbocycles. The summed E-state index contributed by atoms with van der Waals surface area (Å²) in [6.45, 7) is 2.87. The van der Waals surface area contributed by atoms with E-state index in [1.807, 2.05) is 0 Å². The van der Waals surface area contributed by atoms with Crippen LogP contribution in [0.4, 0.5) is 0 Å². The topological polar surface area (TPSA) is 72.9 Å². The quantitative estimate of drug-likeness (QED) is 0.762. The van der Waals surface area contributed by atoms with Gasteiger partial charge in [0.1, 0.15) is 6.54 Å². The number of hydrogen-bond acceptors (Lipinski definition) is 4. The molecule has 0 aromatic rings. The number of carboxylic acid groups (broad SMARTS) is 1. The van der Waals surface area contributed by atoms with Crippen LogP contribution in [0.25, 0.3) is 0 Å². The Bertz CT molecular complexity index is 405. The fraction of sp³-hybridized carbons (Fsp3) is 0.867. The zero-order valence-corrected chi connectivity index (χ0v) is 12.5. The first-order valence-corrected chi connectivity index (χ1v) is 8.15. The molecular formula is C15H25N3O3. The van der Waals surface area contributed by atoms with Crippen LogP contribution in [-0.2, 0) is 9.59 Å². The van der Waals surface area contributed by atoms with Gasteiger partial charge in [0.15, 0.2) is 0 Å². The number of nitrogens with zero attached hydrogens (tertiary/aromatic N) is 2. The Morgan fingerprint density at radius 3 is 2.48 bits per heavy atom. The van der Waals surface area contributed by atoms with Crippen LogP contribution in [0.15, 0.2) is 0 Å². The fourth-order valence-corrected chi connectivity index (χ4v) is 3.74. The molecule has 2 aliphatic heterocycles. The molecule has 3 rings (SSSR count). The van der Waals surface area contributed by atoms with E-state index in [1.165, 1.54) is 0 Å². The Labute approximate surface area is 125 Å². The smallest absolute Gasteiger partial charge is 0.323 e. The highest BCUT2D eigenvalue weighted by molar-refractivity contribution is 5.86. The molecule has 3 fully saturated rings. The monoisotopic (exact) mass is 295 g/mol. The molecule has 0 spiro atoms. The highest BCUT2D eigenvalue weighted by Crippen LogP contribution is 2.31. The highest BCUT2D eigenvalue weighted by atomic mass is 16.4. The lowest BCUT2D eigenvalue weighted by molar-refractivity contribution is -0.147. The SMILES string of the molecule is O=C(O)CN(C(=O)C1CCCN1C1CCNCC1)C1CC1. The minimum absolute atomic E-state index is 0.0518. The van der Waals surface area contributed by atoms with Gasteiger partial charge in [0, 0.05) is 12.1 Å². The number of carbonyl (C=O) groups is 2. The standard InChI is InChI=1S/C15H25N3O3/c19-14(20)10-18(11-3-4-11)15(21)13-2-1-9-17(13)12-5-7-16-8-6-12/h11-13,16H,1-10H2,(H,19,20). The van der Waals surface area contributed by atoms with E-state index in [9.17, 15) is 9.59 Å². The van der Waals surface area contributed by atoms with E-state index in [0.717, 1.165) is 58.2 Å². The molecule has 21 heavy (non-hydrogen) atoms. The van der Waals surface area contributed by atoms with E-state index in [-0.39, 0.29) is 24.5 Å². The van der Waals surface area contributed by atoms with Crippen molar-refractivity contribution < 1.29 is 14.7 Å². The van der Waals surface area contributed by atoms with E-state index in [1.54, 1.807) is 4.90 Å². The van der Waals surface area contributed by atoms with Crippen LogP contribution in [0.1, 0.15) is 38.5 Å². The molecular weight excluding hydrogens is 270 g/mol. The second-order valence-corrected chi connectivity index (χ2v) is 6.47. The lowest BCUT2D eigenvalue weighted by Crippen LogP contribution is -2.53. The molecule has 2 saturated heterocycles. The molecule has 1 atom stereocenters. The van der Waals surface area contributed by atoms with Crippen molar-refractivity contribution in [2.45, 2.75) is 56.7 Å². The van der Waals surface area contributed by atoms with Gasteiger partial charge in [-0.3, -0.25) is 14.5 Å². The molecule has 2 heterocycles. The predicted octanol–water partition coefficient (Wildman–Crippen LogP) is 0.278. The van der Waals surface area contributed by atoms with Crippen molar-refractivity contribution in [2.75, 3.05) is 26.2 Å². The van der Waals surface area contributed by atoms with Crippen LogP contribution in [0.2, 0.25) is 0 Å². The molecule has 0 radical (unpaired) electrons. The average Bonchev–Trinajstić information content (AvgIpc) is 3.21. The van der Waals surface area contributed by atoms with E-state index in [0.29, 0.717) is 6.04 Å². The Kier molecular flexibility index (Phi) is 4.45. The summed E-state index contributed by atoms with van der Waals surface area (Å²) in [5, 5.41) is 12.4. The van der Waals surface area contributed by atoms with Crippen LogP contribution in [-0.4, -0.2) is 71.1 Å². The third-order valence-electron chi connectivity index (χ3n) is 4.93. The zero-order chi connectivity index (χ0) is 14.8. The third-order valence-corrected chi connectivity index (χ3v) is 4.93. The van der Waals surface area contributed by atoms with Crippen LogP contribution >= 0.6 is 0 Å². The summed E-state index contributed by atoms with van der Waals surface area (Å²) in [5.41, 5.74) is 0. The highest BCUT2D eigenvalue weighted by Gasteiger charge is 2.42. The molecule has 3 aliphatic rings. The summed E-state index contributed by atoms with van der Waals surface area (Å²) in [6, 6.07) is 0.561. The first-order valence-electron chi connectivity index (χ1n) is 8.15. The van der Waals surface area contributed by atoms with Crippen molar-refractivity contribution in [1.82, 2.24) is 15.1 Å². The normalized spacial score (nSPS) is 27.7. The molecule has 0 bridgehead atoms. The first kappa shape index (κ1) is 14.8. The van der Waals surface area contributed by atoms with Gasteiger partial charge in [-0.05, 0) is 58.2 Å². The average molecular weight is 295 g/mol. The van der Waals surface area contributed by atoms with E-state index in [2.05, 4.69) is 10.2 Å². The number of aliphatic carboxylic acids is 1. The summed E-state index contributed by atoms with van der Waals surface area (Å²) >= 11 is 0. The number of amides is 1. The largest absolute Gasteiger partial charge is 0.480 e. The van der Waals surface area contributed by atoms with Crippen molar-refractivity contribution in [3.05, 3.63) is 0 Å². The maximum Gasteiger partial charge on any atom is 0.323 e. The summed E-state index contributed by atoms with van der Waals surface area (Å²) < 4.78 is 0. The van der Waals surface area contributed by atoms with E-state index < -0.39 is 5.97 Å². The molecule has 6 nitrogen and oxygen atoms in total. The minimum Gasteiger partial charge on any atom is -0.480 e. The Morgan fingerprint density at radius 1 is 1.14 bits per heavy atom. The molecule has 2 N–H and O–H groups in total. The summed E-state index contributed by atoms with van der Waals surface area (Å²) in [6.07, 6.45) is 6.02. The van der Waals surface area contributed by atoms with Crippen LogP contribution in [0.5, 0.6) is 0 Å². The van der Waals surface area contributed by atoms with Gasteiger partial charge in [0.05, 0.1) is 6.04 Å². The number of hydrogen-bond donors (Lipinski definition) is 2. The van der Waals surface area contributed by atoms with Crippen molar-refractivity contribution in [3.63, 3.8) is 0 Å². The Balaban J connectivity index is 1.67. The van der Waals surface area contributed by atoms with Crippen LogP contribution < -0.4 is 5.32 Å². The molecule has 1 unspecified atom stereocenters. The maximum atomic E-state index is 12.8. The molecule has 1 aliphatic carbocycles. The van der Waals surface area contributed by atoms with Crippen molar-refractivity contribution >= 4 is 11.9 Å². The van der Waals surface area contributed by atoms with Crippen molar-refractivity contribution in [2.24, 2.45) is 0 Å². The van der Waals surface area contributed by atoms with Gasteiger partial charge in [0.25, 0.3) is 0 Å². The molecule has 1 saturated carbocycles. The molecule has 0 aromatic heterocycles. The lowest BCUT2D eigenvalue weighted by atomic mass is 10.0. The Morgan fingerprint density at radius 2 is 1.86 bits per heavy atom. The number of likely N-dealkylation sites (tertiary alicyclic amines) is 1. The van der Waals surface area contributed by atoms with Gasteiger partial charge in [-0.25, -0.2) is 0 Å². The fourth-order valence-electron chi connectivity index (χ4n) is 3.74. The summed E-state index contributed by atoms with van der Waals surface area (Å²) in [5.74, 6) is -0.849. The molecule has 1 amide bonds. The number of carbonyl (C=O) groups excluding carboxylic acids is 1. The van der Waals surface area contributed by atoms with Crippen LogP contribution in [0, 0.1) is 0 Å².